The van der Waals surface area contributed by atoms with Crippen molar-refractivity contribution < 1.29 is 36.9 Å². The van der Waals surface area contributed by atoms with E-state index in [1.54, 1.807) is 23.1 Å². The van der Waals surface area contributed by atoms with Gasteiger partial charge in [-0.15, -0.1) is 0 Å². The lowest BCUT2D eigenvalue weighted by atomic mass is 10.2. The summed E-state index contributed by atoms with van der Waals surface area (Å²) in [5.74, 6) is 1.23. The summed E-state index contributed by atoms with van der Waals surface area (Å²) in [6.45, 7) is 1.98. The molecule has 1 saturated heterocycles. The molecular formula is C21H24N2O8S. The Labute approximate surface area is 186 Å². The molecule has 1 fully saturated rings. The molecule has 11 heteroatoms. The molecule has 0 aliphatic carbocycles. The molecule has 1 unspecified atom stereocenters. The molecular weight excluding hydrogens is 440 g/mol. The maximum Gasteiger partial charge on any atom is 0.267 e. The van der Waals surface area contributed by atoms with Crippen LogP contribution in [0, 0.1) is 0 Å². The molecule has 1 atom stereocenters. The minimum atomic E-state index is -3.94. The van der Waals surface area contributed by atoms with E-state index in [0.29, 0.717) is 43.6 Å². The average molecular weight is 464 g/mol. The first-order chi connectivity index (χ1) is 15.4. The van der Waals surface area contributed by atoms with Crippen molar-refractivity contribution >= 4 is 21.6 Å². The van der Waals surface area contributed by atoms with Crippen molar-refractivity contribution in [2.24, 2.45) is 0 Å². The number of morpholine rings is 1. The zero-order chi connectivity index (χ0) is 22.7. The Kier molecular flexibility index (Phi) is 6.28. The van der Waals surface area contributed by atoms with Crippen LogP contribution < -0.4 is 23.7 Å². The van der Waals surface area contributed by atoms with Crippen molar-refractivity contribution in [1.29, 1.82) is 0 Å². The van der Waals surface area contributed by atoms with Gasteiger partial charge in [0.05, 0.1) is 38.0 Å². The highest BCUT2D eigenvalue weighted by Gasteiger charge is 2.32. The van der Waals surface area contributed by atoms with Crippen LogP contribution in [0.2, 0.25) is 0 Å². The summed E-state index contributed by atoms with van der Waals surface area (Å²) in [6, 6.07) is 8.98. The molecule has 2 aliphatic rings. The number of nitrogens with zero attached hydrogens (tertiary/aromatic N) is 1. The fourth-order valence-electron chi connectivity index (χ4n) is 3.41. The summed E-state index contributed by atoms with van der Waals surface area (Å²) in [5.41, 5.74) is 0.263. The predicted octanol–water partition coefficient (Wildman–Crippen LogP) is 1.50. The van der Waals surface area contributed by atoms with E-state index in [4.69, 9.17) is 23.7 Å². The van der Waals surface area contributed by atoms with E-state index in [1.807, 2.05) is 0 Å². The van der Waals surface area contributed by atoms with Gasteiger partial charge in [0.1, 0.15) is 18.1 Å². The van der Waals surface area contributed by atoms with Gasteiger partial charge in [-0.3, -0.25) is 9.52 Å². The third-order valence-corrected chi connectivity index (χ3v) is 6.50. The fourth-order valence-corrected chi connectivity index (χ4v) is 4.50. The summed E-state index contributed by atoms with van der Waals surface area (Å²) < 4.78 is 55.5. The highest BCUT2D eigenvalue weighted by molar-refractivity contribution is 7.92. The van der Waals surface area contributed by atoms with Gasteiger partial charge >= 0.3 is 0 Å². The lowest BCUT2D eigenvalue weighted by molar-refractivity contribution is -0.145. The topological polar surface area (TPSA) is 113 Å². The van der Waals surface area contributed by atoms with Crippen molar-refractivity contribution in [2.45, 2.75) is 11.0 Å². The number of carbonyl (C=O) groups excluding carboxylic acids is 1. The Morgan fingerprint density at radius 1 is 1.06 bits per heavy atom. The summed E-state index contributed by atoms with van der Waals surface area (Å²) in [6.07, 6.45) is -0.787. The second-order valence-corrected chi connectivity index (χ2v) is 8.82. The Bertz CT molecular complexity index is 1100. The van der Waals surface area contributed by atoms with Gasteiger partial charge in [0.25, 0.3) is 15.9 Å². The third kappa shape index (κ3) is 4.53. The first-order valence-corrected chi connectivity index (χ1v) is 11.4. The maximum atomic E-state index is 12.9. The van der Waals surface area contributed by atoms with Gasteiger partial charge in [-0.2, -0.15) is 0 Å². The van der Waals surface area contributed by atoms with Crippen molar-refractivity contribution in [3.63, 3.8) is 0 Å². The number of sulfonamides is 1. The van der Waals surface area contributed by atoms with Gasteiger partial charge in [0.15, 0.2) is 11.5 Å². The van der Waals surface area contributed by atoms with E-state index in [9.17, 15) is 13.2 Å². The molecule has 32 heavy (non-hydrogen) atoms. The molecule has 172 valence electrons. The van der Waals surface area contributed by atoms with Crippen LogP contribution >= 0.6 is 0 Å². The molecule has 1 amide bonds. The zero-order valence-corrected chi connectivity index (χ0v) is 18.5. The van der Waals surface area contributed by atoms with E-state index in [2.05, 4.69) is 4.72 Å². The second kappa shape index (κ2) is 9.13. The lowest BCUT2D eigenvalue weighted by Crippen LogP contribution is -2.50. The normalized spacial score (nSPS) is 18.1. The fraction of sp³-hybridized carbons (Fsp3) is 0.381. The molecule has 0 bridgehead atoms. The largest absolute Gasteiger partial charge is 0.497 e. The van der Waals surface area contributed by atoms with Gasteiger partial charge in [-0.1, -0.05) is 0 Å². The maximum absolute atomic E-state index is 12.9. The molecule has 2 aromatic rings. The summed E-state index contributed by atoms with van der Waals surface area (Å²) in [4.78, 5) is 14.3. The Morgan fingerprint density at radius 3 is 2.56 bits per heavy atom. The molecule has 2 aromatic carbocycles. The average Bonchev–Trinajstić information content (AvgIpc) is 2.83. The number of anilines is 1. The van der Waals surface area contributed by atoms with Crippen LogP contribution in [0.5, 0.6) is 23.0 Å². The summed E-state index contributed by atoms with van der Waals surface area (Å²) >= 11 is 0. The van der Waals surface area contributed by atoms with Crippen molar-refractivity contribution in [1.82, 2.24) is 4.90 Å². The first-order valence-electron chi connectivity index (χ1n) is 9.96. The monoisotopic (exact) mass is 464 g/mol. The Hall–Kier alpha value is -3.18. The third-order valence-electron chi connectivity index (χ3n) is 5.14. The van der Waals surface area contributed by atoms with Crippen molar-refractivity contribution in [3.05, 3.63) is 36.4 Å². The van der Waals surface area contributed by atoms with Crippen molar-refractivity contribution in [3.8, 4) is 23.0 Å². The van der Waals surface area contributed by atoms with Crippen LogP contribution in [0.25, 0.3) is 0 Å². The quantitative estimate of drug-likeness (QED) is 0.685. The smallest absolute Gasteiger partial charge is 0.267 e. The minimum Gasteiger partial charge on any atom is -0.497 e. The van der Waals surface area contributed by atoms with E-state index >= 15 is 0 Å². The van der Waals surface area contributed by atoms with Crippen LogP contribution in [0.15, 0.2) is 41.3 Å². The second-order valence-electron chi connectivity index (χ2n) is 7.14. The molecule has 2 aliphatic heterocycles. The number of amides is 1. The van der Waals surface area contributed by atoms with Gasteiger partial charge < -0.3 is 28.6 Å². The SMILES string of the molecule is COc1ccc(NS(=O)(=O)c2ccc3c(c2)OCC(C(=O)N2CCOCC2)O3)c(OC)c1. The molecule has 1 N–H and O–H groups in total. The minimum absolute atomic E-state index is 0.00752. The van der Waals surface area contributed by atoms with Gasteiger partial charge in [0, 0.05) is 25.2 Å². The number of nitrogens with one attached hydrogen (secondary N) is 1. The molecule has 0 saturated carbocycles. The van der Waals surface area contributed by atoms with Crippen LogP contribution in [0.1, 0.15) is 0 Å². The van der Waals surface area contributed by atoms with E-state index < -0.39 is 16.1 Å². The Morgan fingerprint density at radius 2 is 1.84 bits per heavy atom. The summed E-state index contributed by atoms with van der Waals surface area (Å²) in [7, 11) is -0.999. The summed E-state index contributed by atoms with van der Waals surface area (Å²) in [5, 5.41) is 0. The molecule has 0 radical (unpaired) electrons. The number of hydrogen-bond donors (Lipinski definition) is 1. The van der Waals surface area contributed by atoms with Crippen LogP contribution in [-0.2, 0) is 19.6 Å². The highest BCUT2D eigenvalue weighted by atomic mass is 32.2. The standard InChI is InChI=1S/C21H24N2O8S/c1-27-14-3-5-16(18(11-14)28-2)22-32(25,26)15-4-6-17-19(12-15)30-13-20(31-17)21(24)23-7-9-29-10-8-23/h3-6,11-12,20,22H,7-10,13H2,1-2H3. The lowest BCUT2D eigenvalue weighted by Gasteiger charge is -2.32. The number of ether oxygens (including phenoxy) is 5. The van der Waals surface area contributed by atoms with E-state index in [-0.39, 0.29) is 28.8 Å². The first kappa shape index (κ1) is 22.0. The number of rotatable bonds is 6. The van der Waals surface area contributed by atoms with Crippen LogP contribution in [-0.4, -0.2) is 72.5 Å². The van der Waals surface area contributed by atoms with Crippen molar-refractivity contribution in [2.75, 3.05) is 51.9 Å². The van der Waals surface area contributed by atoms with E-state index in [0.717, 1.165) is 0 Å². The number of benzene rings is 2. The molecule has 2 heterocycles. The molecule has 0 spiro atoms. The molecule has 10 nitrogen and oxygen atoms in total. The van der Waals surface area contributed by atoms with Gasteiger partial charge in [-0.05, 0) is 24.3 Å². The molecule has 0 aromatic heterocycles. The number of hydrogen-bond acceptors (Lipinski definition) is 8. The van der Waals surface area contributed by atoms with E-state index in [1.165, 1.54) is 32.4 Å². The zero-order valence-electron chi connectivity index (χ0n) is 17.7. The number of carbonyl (C=O) groups is 1. The molecule has 4 rings (SSSR count). The van der Waals surface area contributed by atoms with Crippen LogP contribution in [0.3, 0.4) is 0 Å². The highest BCUT2D eigenvalue weighted by Crippen LogP contribution is 2.36. The number of methoxy groups -OCH3 is 2. The van der Waals surface area contributed by atoms with Gasteiger partial charge in [-0.25, -0.2) is 8.42 Å². The predicted molar refractivity (Wildman–Crippen MR) is 114 cm³/mol. The van der Waals surface area contributed by atoms with Crippen LogP contribution in [0.4, 0.5) is 5.69 Å². The number of fused-ring (bicyclic) bond motifs is 1. The van der Waals surface area contributed by atoms with Gasteiger partial charge in [0.2, 0.25) is 6.10 Å². The Balaban J connectivity index is 1.50.